The van der Waals surface area contributed by atoms with Gasteiger partial charge in [0, 0.05) is 25.5 Å². The Hall–Kier alpha value is -3.74. The topological polar surface area (TPSA) is 131 Å². The van der Waals surface area contributed by atoms with Gasteiger partial charge in [-0.15, -0.1) is 10.6 Å². The lowest BCUT2D eigenvalue weighted by Gasteiger charge is -2.34. The van der Waals surface area contributed by atoms with Crippen LogP contribution in [0.15, 0.2) is 58.8 Å². The number of amides is 1. The van der Waals surface area contributed by atoms with Crippen LogP contribution in [-0.4, -0.2) is 59.8 Å². The lowest BCUT2D eigenvalue weighted by Crippen LogP contribution is -2.40. The Kier molecular flexibility index (Phi) is 7.26. The molecular weight excluding hydrogens is 466 g/mol. The van der Waals surface area contributed by atoms with Crippen molar-refractivity contribution in [2.75, 3.05) is 25.6 Å². The zero-order valence-corrected chi connectivity index (χ0v) is 20.0. The molecule has 0 atom stereocenters. The van der Waals surface area contributed by atoms with Gasteiger partial charge in [0.05, 0.1) is 18.9 Å². The van der Waals surface area contributed by atoms with Gasteiger partial charge in [-0.25, -0.2) is 15.3 Å². The van der Waals surface area contributed by atoms with Gasteiger partial charge in [0.15, 0.2) is 23.9 Å². The second-order valence-electron chi connectivity index (χ2n) is 8.65. The summed E-state index contributed by atoms with van der Waals surface area (Å²) in [6.45, 7) is 1.34. The number of nitrogens with zero attached hydrogens (tertiary/aromatic N) is 4. The van der Waals surface area contributed by atoms with E-state index in [1.54, 1.807) is 23.2 Å². The van der Waals surface area contributed by atoms with Crippen molar-refractivity contribution in [3.63, 3.8) is 0 Å². The van der Waals surface area contributed by atoms with Crippen LogP contribution in [0.25, 0.3) is 0 Å². The number of carbonyl (C=O) groups is 1. The number of hydrazone groups is 1. The number of pyridine rings is 1. The number of hydrogen-bond donors (Lipinski definition) is 3. The third kappa shape index (κ3) is 5.73. The minimum atomic E-state index is -0.540. The quantitative estimate of drug-likeness (QED) is 0.392. The van der Waals surface area contributed by atoms with Crippen molar-refractivity contribution in [2.45, 2.75) is 44.2 Å². The molecule has 12 nitrogen and oxygen atoms in total. The van der Waals surface area contributed by atoms with E-state index in [1.165, 1.54) is 0 Å². The maximum atomic E-state index is 12.4. The van der Waals surface area contributed by atoms with Crippen molar-refractivity contribution in [3.05, 3.63) is 59.8 Å². The predicted octanol–water partition coefficient (Wildman–Crippen LogP) is 2.50. The monoisotopic (exact) mass is 495 g/mol. The summed E-state index contributed by atoms with van der Waals surface area (Å²) in [7, 11) is 1.81. The van der Waals surface area contributed by atoms with Crippen LogP contribution in [0.2, 0.25) is 0 Å². The summed E-state index contributed by atoms with van der Waals surface area (Å²) >= 11 is 0. The summed E-state index contributed by atoms with van der Waals surface area (Å²) in [5.41, 5.74) is 7.55. The van der Waals surface area contributed by atoms with Gasteiger partial charge < -0.3 is 19.0 Å². The molecule has 1 spiro atoms. The van der Waals surface area contributed by atoms with E-state index in [0.29, 0.717) is 49.1 Å². The molecule has 3 aliphatic rings. The van der Waals surface area contributed by atoms with Gasteiger partial charge in [0.1, 0.15) is 11.9 Å². The fourth-order valence-corrected chi connectivity index (χ4v) is 4.32. The third-order valence-electron chi connectivity index (χ3n) is 6.14. The average Bonchev–Trinajstić information content (AvgIpc) is 3.53. The van der Waals surface area contributed by atoms with Gasteiger partial charge >= 0.3 is 6.09 Å². The van der Waals surface area contributed by atoms with Crippen LogP contribution in [0.5, 0.6) is 0 Å². The first-order valence-corrected chi connectivity index (χ1v) is 11.9. The molecule has 190 valence electrons. The van der Waals surface area contributed by atoms with Crippen molar-refractivity contribution < 1.29 is 23.8 Å². The van der Waals surface area contributed by atoms with Crippen molar-refractivity contribution in [1.29, 1.82) is 0 Å². The van der Waals surface area contributed by atoms with Crippen LogP contribution in [0.3, 0.4) is 0 Å². The molecule has 1 saturated carbocycles. The van der Waals surface area contributed by atoms with E-state index in [2.05, 4.69) is 31.6 Å². The molecule has 2 fully saturated rings. The number of carbonyl (C=O) groups excluding carboxylic acids is 1. The summed E-state index contributed by atoms with van der Waals surface area (Å²) in [4.78, 5) is 22.5. The van der Waals surface area contributed by atoms with Crippen LogP contribution in [0, 0.1) is 0 Å². The number of rotatable bonds is 7. The highest BCUT2D eigenvalue weighted by Gasteiger charge is 2.41. The zero-order valence-electron chi connectivity index (χ0n) is 20.0. The Bertz CT molecular complexity index is 1110. The van der Waals surface area contributed by atoms with E-state index in [4.69, 9.17) is 19.0 Å². The molecule has 12 heteroatoms. The van der Waals surface area contributed by atoms with E-state index in [0.717, 1.165) is 18.4 Å². The molecular formula is C24H29N7O5. The highest BCUT2D eigenvalue weighted by molar-refractivity contribution is 6.47. The summed E-state index contributed by atoms with van der Waals surface area (Å²) in [5.74, 6) is 0.463. The predicted molar refractivity (Wildman–Crippen MR) is 130 cm³/mol. The number of nitrogens with one attached hydrogen (secondary N) is 3. The van der Waals surface area contributed by atoms with Crippen LogP contribution < -0.4 is 16.4 Å². The molecule has 0 unspecified atom stereocenters. The average molecular weight is 496 g/mol. The summed E-state index contributed by atoms with van der Waals surface area (Å²) in [6, 6.07) is 14.9. The first-order valence-electron chi connectivity index (χ1n) is 11.9. The standard InChI is InChI=1S/C24H29N7O5/c1-31-22(27-29-30-31)21(17-6-3-2-4-7-17)28-35-16-18-8-5-9-20(25-18)26-23(32)36-19-10-12-24(13-11-19)33-14-15-34-24/h2-9,19,29-30H,10-16H2,1H3,(H,25,26,32)/b28-21-. The molecule has 36 heavy (non-hydrogen) atoms. The van der Waals surface area contributed by atoms with Gasteiger partial charge in [-0.3, -0.25) is 10.3 Å². The van der Waals surface area contributed by atoms with Gasteiger partial charge in [-0.2, -0.15) is 0 Å². The second-order valence-corrected chi connectivity index (χ2v) is 8.65. The Morgan fingerprint density at radius 3 is 2.67 bits per heavy atom. The molecule has 3 N–H and O–H groups in total. The molecule has 0 bridgehead atoms. The first kappa shape index (κ1) is 24.0. The molecule has 1 aromatic heterocycles. The Balaban J connectivity index is 1.16. The number of ether oxygens (including phenoxy) is 3. The number of hydrazine groups is 2. The summed E-state index contributed by atoms with van der Waals surface area (Å²) in [6.07, 6.45) is 2.11. The van der Waals surface area contributed by atoms with Crippen LogP contribution in [0.4, 0.5) is 10.6 Å². The Morgan fingerprint density at radius 1 is 1.17 bits per heavy atom. The molecule has 0 radical (unpaired) electrons. The lowest BCUT2D eigenvalue weighted by molar-refractivity contribution is -0.187. The fraction of sp³-hybridized carbons (Fsp3) is 0.417. The second kappa shape index (κ2) is 10.9. The normalized spacial score (nSPS) is 19.6. The van der Waals surface area contributed by atoms with E-state index in [-0.39, 0.29) is 12.7 Å². The van der Waals surface area contributed by atoms with Gasteiger partial charge in [0.2, 0.25) is 0 Å². The van der Waals surface area contributed by atoms with Crippen molar-refractivity contribution in [1.82, 2.24) is 21.1 Å². The number of aromatic nitrogens is 1. The number of oxime groups is 1. The van der Waals surface area contributed by atoms with Crippen LogP contribution in [0.1, 0.15) is 36.9 Å². The maximum absolute atomic E-state index is 12.4. The largest absolute Gasteiger partial charge is 0.446 e. The number of hydrogen-bond acceptors (Lipinski definition) is 11. The molecule has 1 aromatic carbocycles. The van der Waals surface area contributed by atoms with Crippen molar-refractivity contribution in [3.8, 4) is 0 Å². The number of benzene rings is 1. The highest BCUT2D eigenvalue weighted by atomic mass is 16.7. The van der Waals surface area contributed by atoms with Gasteiger partial charge in [-0.1, -0.05) is 41.6 Å². The molecule has 2 aromatic rings. The lowest BCUT2D eigenvalue weighted by atomic mass is 9.92. The van der Waals surface area contributed by atoms with E-state index >= 15 is 0 Å². The van der Waals surface area contributed by atoms with Crippen molar-refractivity contribution in [2.24, 2.45) is 10.3 Å². The highest BCUT2D eigenvalue weighted by Crippen LogP contribution is 2.36. The summed E-state index contributed by atoms with van der Waals surface area (Å²) in [5, 5.41) is 12.9. The summed E-state index contributed by atoms with van der Waals surface area (Å²) < 4.78 is 17.0. The van der Waals surface area contributed by atoms with E-state index in [9.17, 15) is 4.79 Å². The molecule has 1 aliphatic carbocycles. The van der Waals surface area contributed by atoms with E-state index < -0.39 is 11.9 Å². The Morgan fingerprint density at radius 2 is 1.94 bits per heavy atom. The van der Waals surface area contributed by atoms with Gasteiger partial charge in [-0.05, 0) is 25.0 Å². The number of anilines is 1. The number of likely N-dealkylation sites (N-methyl/N-ethyl adjacent to an activating group) is 1. The van der Waals surface area contributed by atoms with Crippen molar-refractivity contribution >= 4 is 23.5 Å². The Labute approximate surface area is 208 Å². The maximum Gasteiger partial charge on any atom is 0.413 e. The van der Waals surface area contributed by atoms with E-state index in [1.807, 2.05) is 37.4 Å². The molecule has 5 rings (SSSR count). The molecule has 1 amide bonds. The molecule has 2 aliphatic heterocycles. The smallest absolute Gasteiger partial charge is 0.413 e. The minimum Gasteiger partial charge on any atom is -0.446 e. The van der Waals surface area contributed by atoms with Gasteiger partial charge in [0.25, 0.3) is 0 Å². The SMILES string of the molecule is CN1NNN=C1/C(=N\OCc1cccc(NC(=O)OC2CCC3(CC2)OCCO3)n1)c1ccccc1. The minimum absolute atomic E-state index is 0.101. The van der Waals surface area contributed by atoms with Crippen LogP contribution in [-0.2, 0) is 25.7 Å². The molecule has 1 saturated heterocycles. The van der Waals surface area contributed by atoms with Crippen LogP contribution >= 0.6 is 0 Å². The zero-order chi connectivity index (χ0) is 24.8. The third-order valence-corrected chi connectivity index (χ3v) is 6.14. The first-order chi connectivity index (χ1) is 17.6. The fourth-order valence-electron chi connectivity index (χ4n) is 4.32. The molecule has 3 heterocycles. The number of amidine groups is 1.